The van der Waals surface area contributed by atoms with Gasteiger partial charge in [0, 0.05) is 35.0 Å². The van der Waals surface area contributed by atoms with Crippen LogP contribution in [0.5, 0.6) is 0 Å². The molecule has 0 fully saturated rings. The molecule has 2 N–H and O–H groups in total. The highest BCUT2D eigenvalue weighted by Gasteiger charge is 2.20. The van der Waals surface area contributed by atoms with Crippen LogP contribution in [0.1, 0.15) is 21.0 Å². The Bertz CT molecular complexity index is 1680. The molecule has 0 spiro atoms. The van der Waals surface area contributed by atoms with Gasteiger partial charge in [-0.15, -0.1) is 0 Å². The van der Waals surface area contributed by atoms with Crippen molar-refractivity contribution in [3.05, 3.63) is 104 Å². The number of rotatable bonds is 6. The largest absolute Gasteiger partial charge is 0.477 e. The number of nitrogens with zero attached hydrogens (tertiary/aromatic N) is 4. The van der Waals surface area contributed by atoms with Crippen LogP contribution in [0.4, 0.5) is 11.4 Å². The predicted octanol–water partition coefficient (Wildman–Crippen LogP) is 5.33. The van der Waals surface area contributed by atoms with E-state index in [1.165, 1.54) is 60.7 Å². The molecular formula is C26H14N4O8. The molecule has 186 valence electrons. The van der Waals surface area contributed by atoms with Crippen molar-refractivity contribution in [1.82, 2.24) is 9.97 Å². The molecule has 2 heterocycles. The third kappa shape index (κ3) is 4.11. The zero-order chi connectivity index (χ0) is 27.1. The van der Waals surface area contributed by atoms with Crippen molar-refractivity contribution < 1.29 is 29.6 Å². The first kappa shape index (κ1) is 23.9. The Balaban J connectivity index is 1.84. The lowest BCUT2D eigenvalue weighted by Gasteiger charge is -2.13. The van der Waals surface area contributed by atoms with Gasteiger partial charge in [-0.25, -0.2) is 19.6 Å². The standard InChI is InChI=1S/C26H14N4O8/c31-25(32)21-11-19(13-1-5-15(6-2-13)29(35)36)17-9-10-18-20(14-3-7-16(8-4-14)30(37)38)12-22(26(33)34)28-24(18)23(17)27-21/h1-12H,(H,31,32)(H,33,34). The second-order valence-corrected chi connectivity index (χ2v) is 8.19. The molecule has 0 atom stereocenters. The van der Waals surface area contributed by atoms with Crippen molar-refractivity contribution in [3.8, 4) is 22.3 Å². The van der Waals surface area contributed by atoms with E-state index in [-0.39, 0.29) is 33.8 Å². The van der Waals surface area contributed by atoms with Gasteiger partial charge in [0.15, 0.2) is 0 Å². The van der Waals surface area contributed by atoms with Gasteiger partial charge in [0.25, 0.3) is 11.4 Å². The smallest absolute Gasteiger partial charge is 0.354 e. The third-order valence-corrected chi connectivity index (χ3v) is 5.97. The van der Waals surface area contributed by atoms with Crippen LogP contribution in [0.2, 0.25) is 0 Å². The molecule has 5 rings (SSSR count). The molecule has 3 aromatic carbocycles. The third-order valence-electron chi connectivity index (χ3n) is 5.97. The van der Waals surface area contributed by atoms with E-state index in [1.54, 1.807) is 12.1 Å². The zero-order valence-electron chi connectivity index (χ0n) is 19.1. The van der Waals surface area contributed by atoms with Crippen molar-refractivity contribution in [2.24, 2.45) is 0 Å². The number of non-ortho nitro benzene ring substituents is 2. The van der Waals surface area contributed by atoms with Crippen LogP contribution in [0, 0.1) is 20.2 Å². The molecule has 0 saturated carbocycles. The first-order chi connectivity index (χ1) is 18.1. The van der Waals surface area contributed by atoms with E-state index >= 15 is 0 Å². The van der Waals surface area contributed by atoms with Gasteiger partial charge in [-0.1, -0.05) is 12.1 Å². The van der Waals surface area contributed by atoms with E-state index in [0.717, 1.165) is 0 Å². The molecule has 12 heteroatoms. The molecular weight excluding hydrogens is 496 g/mol. The number of carboxylic acids is 2. The molecule has 0 aliphatic carbocycles. The maximum atomic E-state index is 11.9. The fourth-order valence-corrected chi connectivity index (χ4v) is 4.20. The van der Waals surface area contributed by atoms with Crippen LogP contribution in [0.15, 0.2) is 72.8 Å². The lowest BCUT2D eigenvalue weighted by molar-refractivity contribution is -0.385. The van der Waals surface area contributed by atoms with E-state index in [4.69, 9.17) is 0 Å². The topological polar surface area (TPSA) is 187 Å². The molecule has 12 nitrogen and oxygen atoms in total. The van der Waals surface area contributed by atoms with Crippen LogP contribution < -0.4 is 0 Å². The predicted molar refractivity (Wildman–Crippen MR) is 135 cm³/mol. The number of aromatic carboxylic acids is 2. The van der Waals surface area contributed by atoms with Crippen LogP contribution in [0.3, 0.4) is 0 Å². The van der Waals surface area contributed by atoms with Gasteiger partial charge in [-0.2, -0.15) is 0 Å². The molecule has 0 saturated heterocycles. The average Bonchev–Trinajstić information content (AvgIpc) is 2.91. The minimum atomic E-state index is -1.34. The first-order valence-electron chi connectivity index (χ1n) is 10.9. The lowest BCUT2D eigenvalue weighted by atomic mass is 9.95. The van der Waals surface area contributed by atoms with Gasteiger partial charge in [-0.3, -0.25) is 20.2 Å². The number of benzene rings is 3. The van der Waals surface area contributed by atoms with E-state index in [0.29, 0.717) is 33.0 Å². The van der Waals surface area contributed by atoms with Gasteiger partial charge in [0.1, 0.15) is 11.4 Å². The molecule has 0 aliphatic heterocycles. The number of carboxylic acid groups (broad SMARTS) is 2. The summed E-state index contributed by atoms with van der Waals surface area (Å²) < 4.78 is 0. The second kappa shape index (κ2) is 9.02. The van der Waals surface area contributed by atoms with Crippen LogP contribution in [-0.4, -0.2) is 42.0 Å². The van der Waals surface area contributed by atoms with Crippen molar-refractivity contribution in [2.75, 3.05) is 0 Å². The Kier molecular flexibility index (Phi) is 5.68. The summed E-state index contributed by atoms with van der Waals surface area (Å²) in [6.07, 6.45) is 0. The van der Waals surface area contributed by atoms with Crippen molar-refractivity contribution >= 4 is 45.1 Å². The Hall–Kier alpha value is -5.78. The maximum Gasteiger partial charge on any atom is 0.354 e. The number of nitro benzene ring substituents is 2. The fraction of sp³-hybridized carbons (Fsp3) is 0. The summed E-state index contributed by atoms with van der Waals surface area (Å²) in [5.41, 5.74) is 1.05. The molecule has 0 radical (unpaired) electrons. The summed E-state index contributed by atoms with van der Waals surface area (Å²) in [6.45, 7) is 0. The Morgan fingerprint density at radius 2 is 0.947 bits per heavy atom. The quantitative estimate of drug-likeness (QED) is 0.172. The van der Waals surface area contributed by atoms with E-state index in [2.05, 4.69) is 9.97 Å². The minimum absolute atomic E-state index is 0.113. The van der Waals surface area contributed by atoms with E-state index < -0.39 is 21.8 Å². The van der Waals surface area contributed by atoms with Crippen LogP contribution in [0.25, 0.3) is 44.1 Å². The number of hydrogen-bond acceptors (Lipinski definition) is 8. The highest BCUT2D eigenvalue weighted by Crippen LogP contribution is 2.37. The monoisotopic (exact) mass is 510 g/mol. The fourth-order valence-electron chi connectivity index (χ4n) is 4.20. The summed E-state index contributed by atoms with van der Waals surface area (Å²) in [6, 6.07) is 17.1. The lowest BCUT2D eigenvalue weighted by Crippen LogP contribution is -2.05. The Labute approximate surface area is 211 Å². The van der Waals surface area contributed by atoms with Gasteiger partial charge in [-0.05, 0) is 58.7 Å². The summed E-state index contributed by atoms with van der Waals surface area (Å²) in [5.74, 6) is -2.67. The number of fused-ring (bicyclic) bond motifs is 3. The molecule has 0 bridgehead atoms. The summed E-state index contributed by atoms with van der Waals surface area (Å²) in [4.78, 5) is 53.4. The molecule has 2 aromatic heterocycles. The Morgan fingerprint density at radius 1 is 0.605 bits per heavy atom. The molecule has 38 heavy (non-hydrogen) atoms. The van der Waals surface area contributed by atoms with Crippen molar-refractivity contribution in [3.63, 3.8) is 0 Å². The number of carbonyl (C=O) groups is 2. The first-order valence-corrected chi connectivity index (χ1v) is 10.9. The number of pyridine rings is 2. The second-order valence-electron chi connectivity index (χ2n) is 8.19. The van der Waals surface area contributed by atoms with E-state index in [9.17, 15) is 40.0 Å². The molecule has 0 aliphatic rings. The van der Waals surface area contributed by atoms with E-state index in [1.807, 2.05) is 0 Å². The van der Waals surface area contributed by atoms with Gasteiger partial charge in [0.2, 0.25) is 0 Å². The summed E-state index contributed by atoms with van der Waals surface area (Å²) >= 11 is 0. The Morgan fingerprint density at radius 3 is 1.24 bits per heavy atom. The van der Waals surface area contributed by atoms with Gasteiger partial charge < -0.3 is 10.2 Å². The highest BCUT2D eigenvalue weighted by molar-refractivity contribution is 6.14. The summed E-state index contributed by atoms with van der Waals surface area (Å²) in [5, 5.41) is 42.5. The molecule has 0 amide bonds. The highest BCUT2D eigenvalue weighted by atomic mass is 16.6. The number of aromatic nitrogens is 2. The van der Waals surface area contributed by atoms with Crippen LogP contribution >= 0.6 is 0 Å². The minimum Gasteiger partial charge on any atom is -0.477 e. The number of hydrogen-bond donors (Lipinski definition) is 2. The zero-order valence-corrected chi connectivity index (χ0v) is 19.1. The van der Waals surface area contributed by atoms with Crippen molar-refractivity contribution in [1.29, 1.82) is 0 Å². The SMILES string of the molecule is O=C(O)c1cc(-c2ccc([N+](=O)[O-])cc2)c2ccc3c(-c4ccc([N+](=O)[O-])cc4)cc(C(=O)O)nc3c2n1. The normalized spacial score (nSPS) is 10.9. The van der Waals surface area contributed by atoms with Crippen LogP contribution in [-0.2, 0) is 0 Å². The van der Waals surface area contributed by atoms with Crippen molar-refractivity contribution in [2.45, 2.75) is 0 Å². The molecule has 0 unspecified atom stereocenters. The number of nitro groups is 2. The maximum absolute atomic E-state index is 11.9. The summed E-state index contributed by atoms with van der Waals surface area (Å²) in [7, 11) is 0. The molecule has 5 aromatic rings. The van der Waals surface area contributed by atoms with Gasteiger partial charge >= 0.3 is 11.9 Å². The average molecular weight is 510 g/mol. The van der Waals surface area contributed by atoms with Gasteiger partial charge in [0.05, 0.1) is 20.9 Å².